The molecule has 5 heteroatoms. The normalized spacial score (nSPS) is 15.8. The maximum atomic E-state index is 12.0. The monoisotopic (exact) mass is 181 g/mol. The second kappa shape index (κ2) is 4.35. The Morgan fingerprint density at radius 1 is 1.67 bits per heavy atom. The summed E-state index contributed by atoms with van der Waals surface area (Å²) in [6.07, 6.45) is -3.10. The van der Waals surface area contributed by atoms with Gasteiger partial charge in [-0.05, 0) is 6.92 Å². The summed E-state index contributed by atoms with van der Waals surface area (Å²) >= 11 is 0. The second-order valence-electron chi connectivity index (χ2n) is 2.85. The van der Waals surface area contributed by atoms with Gasteiger partial charge in [0.1, 0.15) is 0 Å². The number of alkyl halides is 2. The van der Waals surface area contributed by atoms with Crippen LogP contribution >= 0.6 is 0 Å². The molecule has 0 saturated heterocycles. The maximum Gasteiger partial charge on any atom is 0.313 e. The Balaban J connectivity index is 4.33. The van der Waals surface area contributed by atoms with Crippen molar-refractivity contribution in [1.29, 1.82) is 0 Å². The van der Waals surface area contributed by atoms with Crippen molar-refractivity contribution < 1.29 is 18.3 Å². The summed E-state index contributed by atoms with van der Waals surface area (Å²) in [5.41, 5.74) is 3.94. The minimum Gasteiger partial charge on any atom is -0.469 e. The number of methoxy groups -OCH3 is 1. The summed E-state index contributed by atoms with van der Waals surface area (Å²) in [7, 11) is 1.15. The highest BCUT2D eigenvalue weighted by Crippen LogP contribution is 2.25. The van der Waals surface area contributed by atoms with E-state index in [2.05, 4.69) is 4.74 Å². The van der Waals surface area contributed by atoms with Crippen LogP contribution in [0.3, 0.4) is 0 Å². The highest BCUT2D eigenvalue weighted by atomic mass is 19.3. The molecule has 2 N–H and O–H groups in total. The molecule has 0 fully saturated rings. The zero-order valence-electron chi connectivity index (χ0n) is 7.14. The summed E-state index contributed by atoms with van der Waals surface area (Å²) in [5, 5.41) is 0. The number of halogens is 2. The SMILES string of the molecule is COC(=O)C(C)(CN)CC(F)F. The van der Waals surface area contributed by atoms with E-state index in [4.69, 9.17) is 5.73 Å². The van der Waals surface area contributed by atoms with Crippen molar-refractivity contribution in [3.8, 4) is 0 Å². The molecule has 0 aliphatic heterocycles. The van der Waals surface area contributed by atoms with E-state index in [1.165, 1.54) is 6.92 Å². The van der Waals surface area contributed by atoms with Crippen LogP contribution in [-0.4, -0.2) is 26.0 Å². The van der Waals surface area contributed by atoms with Crippen LogP contribution < -0.4 is 5.73 Å². The lowest BCUT2D eigenvalue weighted by molar-refractivity contribution is -0.153. The van der Waals surface area contributed by atoms with Crippen molar-refractivity contribution in [2.24, 2.45) is 11.1 Å². The molecule has 0 aromatic rings. The Morgan fingerprint density at radius 2 is 2.17 bits per heavy atom. The van der Waals surface area contributed by atoms with Crippen LogP contribution in [0.25, 0.3) is 0 Å². The first-order valence-corrected chi connectivity index (χ1v) is 3.53. The van der Waals surface area contributed by atoms with E-state index in [-0.39, 0.29) is 6.54 Å². The molecule has 0 aromatic carbocycles. The molecule has 0 amide bonds. The summed E-state index contributed by atoms with van der Waals surface area (Å²) < 4.78 is 28.3. The second-order valence-corrected chi connectivity index (χ2v) is 2.85. The van der Waals surface area contributed by atoms with E-state index in [1.54, 1.807) is 0 Å². The van der Waals surface area contributed by atoms with Gasteiger partial charge in [0.25, 0.3) is 0 Å². The third-order valence-electron chi connectivity index (χ3n) is 1.73. The van der Waals surface area contributed by atoms with E-state index < -0.39 is 24.2 Å². The largest absolute Gasteiger partial charge is 0.469 e. The summed E-state index contributed by atoms with van der Waals surface area (Å²) in [5.74, 6) is -0.690. The van der Waals surface area contributed by atoms with Crippen molar-refractivity contribution in [1.82, 2.24) is 0 Å². The van der Waals surface area contributed by atoms with Gasteiger partial charge in [0.2, 0.25) is 6.43 Å². The third kappa shape index (κ3) is 2.73. The average molecular weight is 181 g/mol. The summed E-state index contributed by atoms with van der Waals surface area (Å²) in [6.45, 7) is 1.23. The van der Waals surface area contributed by atoms with E-state index in [9.17, 15) is 13.6 Å². The van der Waals surface area contributed by atoms with Crippen molar-refractivity contribution in [2.75, 3.05) is 13.7 Å². The molecular weight excluding hydrogens is 168 g/mol. The number of nitrogens with two attached hydrogens (primary N) is 1. The van der Waals surface area contributed by atoms with Crippen LogP contribution in [0.2, 0.25) is 0 Å². The van der Waals surface area contributed by atoms with Crippen LogP contribution in [0.5, 0.6) is 0 Å². The number of hydrogen-bond acceptors (Lipinski definition) is 3. The average Bonchev–Trinajstić information content (AvgIpc) is 2.01. The molecule has 12 heavy (non-hydrogen) atoms. The molecule has 0 spiro atoms. The quantitative estimate of drug-likeness (QED) is 0.652. The number of rotatable bonds is 4. The van der Waals surface area contributed by atoms with Crippen molar-refractivity contribution >= 4 is 5.97 Å². The number of carbonyl (C=O) groups excluding carboxylic acids is 1. The molecule has 0 rings (SSSR count). The molecule has 0 heterocycles. The Kier molecular flexibility index (Phi) is 4.09. The Bertz CT molecular complexity index is 163. The van der Waals surface area contributed by atoms with Gasteiger partial charge < -0.3 is 10.5 Å². The molecule has 1 unspecified atom stereocenters. The van der Waals surface area contributed by atoms with Gasteiger partial charge in [-0.2, -0.15) is 0 Å². The third-order valence-corrected chi connectivity index (χ3v) is 1.73. The molecule has 3 nitrogen and oxygen atoms in total. The fourth-order valence-electron chi connectivity index (χ4n) is 0.837. The van der Waals surface area contributed by atoms with Gasteiger partial charge in [-0.3, -0.25) is 4.79 Å². The summed E-state index contributed by atoms with van der Waals surface area (Å²) in [4.78, 5) is 11.0. The highest BCUT2D eigenvalue weighted by Gasteiger charge is 2.35. The molecule has 0 bridgehead atoms. The fourth-order valence-corrected chi connectivity index (χ4v) is 0.837. The Labute approximate surface area is 69.9 Å². The minimum atomic E-state index is -2.54. The minimum absolute atomic E-state index is 0.135. The van der Waals surface area contributed by atoms with Gasteiger partial charge in [-0.25, -0.2) is 8.78 Å². The first kappa shape index (κ1) is 11.3. The van der Waals surface area contributed by atoms with Crippen LogP contribution in [0.1, 0.15) is 13.3 Å². The molecule has 72 valence electrons. The Hall–Kier alpha value is -0.710. The van der Waals surface area contributed by atoms with Gasteiger partial charge >= 0.3 is 5.97 Å². The van der Waals surface area contributed by atoms with Crippen LogP contribution in [0, 0.1) is 5.41 Å². The topological polar surface area (TPSA) is 52.3 Å². The van der Waals surface area contributed by atoms with Crippen LogP contribution in [-0.2, 0) is 9.53 Å². The van der Waals surface area contributed by atoms with Crippen molar-refractivity contribution in [2.45, 2.75) is 19.8 Å². The van der Waals surface area contributed by atoms with E-state index in [1.807, 2.05) is 0 Å². The first-order valence-electron chi connectivity index (χ1n) is 3.53. The van der Waals surface area contributed by atoms with Gasteiger partial charge in [0.15, 0.2) is 0 Å². The molecule has 0 aromatic heterocycles. The number of hydrogen-bond donors (Lipinski definition) is 1. The molecule has 0 saturated carbocycles. The lowest BCUT2D eigenvalue weighted by Crippen LogP contribution is -2.38. The zero-order chi connectivity index (χ0) is 9.78. The molecule has 0 aliphatic carbocycles. The predicted octanol–water partition coefficient (Wildman–Crippen LogP) is 0.780. The number of ether oxygens (including phenoxy) is 1. The van der Waals surface area contributed by atoms with Gasteiger partial charge in [0.05, 0.1) is 12.5 Å². The standard InChI is InChI=1S/C7H13F2NO2/c1-7(4-10,3-5(8)9)6(11)12-2/h5H,3-4,10H2,1-2H3. The summed E-state index contributed by atoms with van der Waals surface area (Å²) in [6, 6.07) is 0. The van der Waals surface area contributed by atoms with E-state index in [0.717, 1.165) is 7.11 Å². The smallest absolute Gasteiger partial charge is 0.313 e. The number of esters is 1. The predicted molar refractivity (Wildman–Crippen MR) is 39.8 cm³/mol. The van der Waals surface area contributed by atoms with Crippen molar-refractivity contribution in [3.05, 3.63) is 0 Å². The van der Waals surface area contributed by atoms with Crippen LogP contribution in [0.4, 0.5) is 8.78 Å². The lowest BCUT2D eigenvalue weighted by Gasteiger charge is -2.23. The molecule has 1 atom stereocenters. The van der Waals surface area contributed by atoms with Crippen LogP contribution in [0.15, 0.2) is 0 Å². The van der Waals surface area contributed by atoms with Crippen molar-refractivity contribution in [3.63, 3.8) is 0 Å². The highest BCUT2D eigenvalue weighted by molar-refractivity contribution is 5.76. The zero-order valence-corrected chi connectivity index (χ0v) is 7.14. The molecule has 0 aliphatic rings. The van der Waals surface area contributed by atoms with Gasteiger partial charge in [0, 0.05) is 13.0 Å². The maximum absolute atomic E-state index is 12.0. The molecular formula is C7H13F2NO2. The lowest BCUT2D eigenvalue weighted by atomic mass is 9.87. The van der Waals surface area contributed by atoms with Gasteiger partial charge in [-0.15, -0.1) is 0 Å². The molecule has 0 radical (unpaired) electrons. The van der Waals surface area contributed by atoms with E-state index in [0.29, 0.717) is 0 Å². The Morgan fingerprint density at radius 3 is 2.42 bits per heavy atom. The number of carbonyl (C=O) groups is 1. The van der Waals surface area contributed by atoms with E-state index >= 15 is 0 Å². The first-order chi connectivity index (χ1) is 5.46. The van der Waals surface area contributed by atoms with Gasteiger partial charge in [-0.1, -0.05) is 0 Å². The fraction of sp³-hybridized carbons (Fsp3) is 0.857.